The number of halogens is 3. The lowest BCUT2D eigenvalue weighted by Crippen LogP contribution is -2.20. The Kier molecular flexibility index (Phi) is 2.30. The predicted octanol–water partition coefficient (Wildman–Crippen LogP) is 1.57. The average molecular weight is 179 g/mol. The monoisotopic (exact) mass is 179 g/mol. The van der Waals surface area contributed by atoms with Crippen molar-refractivity contribution in [3.05, 3.63) is 23.6 Å². The number of likely N-dealkylation sites (N-methyl/N-ethyl adjacent to an activating group) is 1. The molecule has 2 nitrogen and oxygen atoms in total. The van der Waals surface area contributed by atoms with Gasteiger partial charge in [0.2, 0.25) is 5.76 Å². The summed E-state index contributed by atoms with van der Waals surface area (Å²) in [6, 6.07) is 0. The molecule has 0 aromatic rings. The van der Waals surface area contributed by atoms with E-state index in [1.807, 2.05) is 0 Å². The molecule has 1 rings (SSSR count). The summed E-state index contributed by atoms with van der Waals surface area (Å²) in [6.45, 7) is -0.0402. The van der Waals surface area contributed by atoms with E-state index in [2.05, 4.69) is 10.1 Å². The Morgan fingerprint density at radius 3 is 2.67 bits per heavy atom. The molecule has 0 aromatic heterocycles. The Morgan fingerprint density at radius 2 is 2.17 bits per heavy atom. The van der Waals surface area contributed by atoms with Gasteiger partial charge >= 0.3 is 6.18 Å². The summed E-state index contributed by atoms with van der Waals surface area (Å²) >= 11 is 0. The molecule has 12 heavy (non-hydrogen) atoms. The van der Waals surface area contributed by atoms with Gasteiger partial charge in [-0.2, -0.15) is 13.2 Å². The maximum atomic E-state index is 12.0. The van der Waals surface area contributed by atoms with E-state index in [9.17, 15) is 13.2 Å². The summed E-state index contributed by atoms with van der Waals surface area (Å²) in [5.74, 6) is -0.950. The molecule has 1 N–H and O–H groups in total. The van der Waals surface area contributed by atoms with Gasteiger partial charge in [-0.05, 0) is 6.08 Å². The van der Waals surface area contributed by atoms with Crippen LogP contribution in [0.3, 0.4) is 0 Å². The summed E-state index contributed by atoms with van der Waals surface area (Å²) < 4.78 is 40.4. The zero-order valence-corrected chi connectivity index (χ0v) is 6.40. The molecule has 0 aromatic carbocycles. The Labute approximate surface area is 67.7 Å². The summed E-state index contributed by atoms with van der Waals surface area (Å²) in [6.07, 6.45) is -1.92. The molecule has 1 heterocycles. The maximum Gasteiger partial charge on any atom is 0.448 e. The van der Waals surface area contributed by atoms with Crippen molar-refractivity contribution in [1.82, 2.24) is 5.32 Å². The first-order valence-corrected chi connectivity index (χ1v) is 3.33. The SMILES string of the molecule is CNC1=CCOC(C(F)(F)F)=C1. The van der Waals surface area contributed by atoms with Crippen LogP contribution in [0.5, 0.6) is 0 Å². The van der Waals surface area contributed by atoms with Crippen molar-refractivity contribution in [2.24, 2.45) is 0 Å². The lowest BCUT2D eigenvalue weighted by atomic mass is 10.3. The van der Waals surface area contributed by atoms with Crippen LogP contribution in [0, 0.1) is 0 Å². The van der Waals surface area contributed by atoms with Crippen molar-refractivity contribution in [1.29, 1.82) is 0 Å². The Bertz CT molecular complexity index is 229. The molecule has 1 aliphatic heterocycles. The lowest BCUT2D eigenvalue weighted by molar-refractivity contribution is -0.129. The smallest absolute Gasteiger partial charge is 0.448 e. The number of ether oxygens (including phenoxy) is 1. The van der Waals surface area contributed by atoms with Crippen molar-refractivity contribution in [2.75, 3.05) is 13.7 Å². The van der Waals surface area contributed by atoms with Crippen LogP contribution >= 0.6 is 0 Å². The molecule has 5 heteroatoms. The van der Waals surface area contributed by atoms with Gasteiger partial charge in [0.05, 0.1) is 0 Å². The topological polar surface area (TPSA) is 21.3 Å². The van der Waals surface area contributed by atoms with Crippen LogP contribution in [0.2, 0.25) is 0 Å². The van der Waals surface area contributed by atoms with Crippen molar-refractivity contribution >= 4 is 0 Å². The van der Waals surface area contributed by atoms with E-state index in [0.29, 0.717) is 5.70 Å². The fourth-order valence-electron chi connectivity index (χ4n) is 0.801. The molecule has 0 unspecified atom stereocenters. The first-order chi connectivity index (χ1) is 5.54. The van der Waals surface area contributed by atoms with E-state index >= 15 is 0 Å². The second-order valence-corrected chi connectivity index (χ2v) is 2.23. The molecule has 0 saturated heterocycles. The molecular weight excluding hydrogens is 171 g/mol. The average Bonchev–Trinajstić information content (AvgIpc) is 2.03. The van der Waals surface area contributed by atoms with Gasteiger partial charge in [0.15, 0.2) is 0 Å². The van der Waals surface area contributed by atoms with Gasteiger partial charge in [0.25, 0.3) is 0 Å². The highest BCUT2D eigenvalue weighted by atomic mass is 19.4. The van der Waals surface area contributed by atoms with Crippen molar-refractivity contribution in [3.63, 3.8) is 0 Å². The molecule has 0 bridgehead atoms. The van der Waals surface area contributed by atoms with Crippen LogP contribution in [0.1, 0.15) is 0 Å². The normalized spacial score (nSPS) is 17.7. The van der Waals surface area contributed by atoms with Gasteiger partial charge in [0.1, 0.15) is 6.61 Å². The fourth-order valence-corrected chi connectivity index (χ4v) is 0.801. The summed E-state index contributed by atoms with van der Waals surface area (Å²) in [5.41, 5.74) is 0.425. The van der Waals surface area contributed by atoms with Gasteiger partial charge in [-0.3, -0.25) is 0 Å². The largest absolute Gasteiger partial charge is 0.485 e. The van der Waals surface area contributed by atoms with Crippen LogP contribution in [-0.2, 0) is 4.74 Å². The zero-order valence-electron chi connectivity index (χ0n) is 6.40. The third-order valence-electron chi connectivity index (χ3n) is 1.40. The number of allylic oxidation sites excluding steroid dienone is 2. The van der Waals surface area contributed by atoms with Crippen molar-refractivity contribution in [3.8, 4) is 0 Å². The van der Waals surface area contributed by atoms with Gasteiger partial charge in [-0.25, -0.2) is 0 Å². The minimum Gasteiger partial charge on any atom is -0.485 e. The molecule has 0 saturated carbocycles. The molecule has 0 atom stereocenters. The Balaban J connectivity index is 2.80. The Morgan fingerprint density at radius 1 is 1.50 bits per heavy atom. The van der Waals surface area contributed by atoms with E-state index in [4.69, 9.17) is 0 Å². The van der Waals surface area contributed by atoms with Crippen LogP contribution in [0.15, 0.2) is 23.6 Å². The Hall–Kier alpha value is -1.13. The molecular formula is C7H8F3NO. The van der Waals surface area contributed by atoms with Crippen LogP contribution in [-0.4, -0.2) is 19.8 Å². The summed E-state index contributed by atoms with van der Waals surface area (Å²) in [5, 5.41) is 2.61. The summed E-state index contributed by atoms with van der Waals surface area (Å²) in [4.78, 5) is 0. The van der Waals surface area contributed by atoms with E-state index in [1.165, 1.54) is 6.08 Å². The number of rotatable bonds is 1. The minimum absolute atomic E-state index is 0.0402. The fraction of sp³-hybridized carbons (Fsp3) is 0.429. The second kappa shape index (κ2) is 3.08. The first kappa shape index (κ1) is 8.96. The van der Waals surface area contributed by atoms with Crippen molar-refractivity contribution in [2.45, 2.75) is 6.18 Å². The zero-order chi connectivity index (χ0) is 9.19. The van der Waals surface area contributed by atoms with E-state index in [1.54, 1.807) is 7.05 Å². The van der Waals surface area contributed by atoms with Gasteiger partial charge in [-0.15, -0.1) is 0 Å². The van der Waals surface area contributed by atoms with Gasteiger partial charge in [0, 0.05) is 18.8 Å². The first-order valence-electron chi connectivity index (χ1n) is 3.33. The van der Waals surface area contributed by atoms with E-state index < -0.39 is 11.9 Å². The molecule has 0 amide bonds. The standard InChI is InChI=1S/C7H8F3NO/c1-11-5-2-3-12-6(4-5)7(8,9)10/h2,4,11H,3H2,1H3. The van der Waals surface area contributed by atoms with Crippen LogP contribution in [0.4, 0.5) is 13.2 Å². The van der Waals surface area contributed by atoms with E-state index in [-0.39, 0.29) is 6.61 Å². The molecule has 1 aliphatic rings. The maximum absolute atomic E-state index is 12.0. The molecule has 0 fully saturated rings. The van der Waals surface area contributed by atoms with Crippen LogP contribution < -0.4 is 5.32 Å². The predicted molar refractivity (Wildman–Crippen MR) is 37.2 cm³/mol. The molecule has 0 radical (unpaired) electrons. The number of alkyl halides is 3. The third-order valence-corrected chi connectivity index (χ3v) is 1.40. The van der Waals surface area contributed by atoms with Crippen LogP contribution in [0.25, 0.3) is 0 Å². The van der Waals surface area contributed by atoms with Gasteiger partial charge < -0.3 is 10.1 Å². The summed E-state index contributed by atoms with van der Waals surface area (Å²) in [7, 11) is 1.56. The highest BCUT2D eigenvalue weighted by molar-refractivity contribution is 5.24. The molecule has 68 valence electrons. The minimum atomic E-state index is -4.39. The second-order valence-electron chi connectivity index (χ2n) is 2.23. The third kappa shape index (κ3) is 1.93. The highest BCUT2D eigenvalue weighted by Gasteiger charge is 2.36. The number of nitrogens with one attached hydrogen (secondary N) is 1. The number of hydrogen-bond donors (Lipinski definition) is 1. The van der Waals surface area contributed by atoms with E-state index in [0.717, 1.165) is 6.08 Å². The highest BCUT2D eigenvalue weighted by Crippen LogP contribution is 2.28. The molecule has 0 aliphatic carbocycles. The molecule has 0 spiro atoms. The quantitative estimate of drug-likeness (QED) is 0.659. The number of hydrogen-bond acceptors (Lipinski definition) is 2. The van der Waals surface area contributed by atoms with Gasteiger partial charge in [-0.1, -0.05) is 0 Å². The lowest BCUT2D eigenvalue weighted by Gasteiger charge is -2.17. The van der Waals surface area contributed by atoms with Crippen molar-refractivity contribution < 1.29 is 17.9 Å².